The summed E-state index contributed by atoms with van der Waals surface area (Å²) in [6.45, 7) is 0. The molecular weight excluding hydrogens is 372 g/mol. The molecule has 0 unspecified atom stereocenters. The van der Waals surface area contributed by atoms with E-state index >= 15 is 0 Å². The van der Waals surface area contributed by atoms with Gasteiger partial charge in [0, 0.05) is 23.1 Å². The monoisotopic (exact) mass is 386 g/mol. The largest absolute Gasteiger partial charge is 0.497 e. The molecule has 132 valence electrons. The smallest absolute Gasteiger partial charge is 0.234 e. The van der Waals surface area contributed by atoms with Crippen LogP contribution in [0.4, 0.5) is 0 Å². The predicted molar refractivity (Wildman–Crippen MR) is 101 cm³/mol. The number of hydrogen-bond donors (Lipinski definition) is 0. The number of methoxy groups -OCH3 is 2. The lowest BCUT2D eigenvalue weighted by Crippen LogP contribution is -1.98. The fraction of sp³-hybridized carbons (Fsp3) is 0.167. The van der Waals surface area contributed by atoms with Gasteiger partial charge < -0.3 is 9.47 Å². The average molecular weight is 387 g/mol. The summed E-state index contributed by atoms with van der Waals surface area (Å²) in [5, 5.41) is 14.7. The summed E-state index contributed by atoms with van der Waals surface area (Å²) in [6.07, 6.45) is 0.561. The van der Waals surface area contributed by atoms with Crippen LogP contribution in [0.2, 0.25) is 5.02 Å². The quantitative estimate of drug-likeness (QED) is 0.516. The minimum absolute atomic E-state index is 0.561. The van der Waals surface area contributed by atoms with Crippen molar-refractivity contribution in [2.45, 2.75) is 6.42 Å². The lowest BCUT2D eigenvalue weighted by atomic mass is 10.1. The highest BCUT2D eigenvalue weighted by atomic mass is 35.5. The standard InChI is InChI=1S/C18H15ClN4O2S/c1-24-13-7-12(8-14(10-13)25-2)17-22-23-16(20-21-18(23)26-17)9-11-5-3-4-6-15(11)19/h3-8,10H,9H2,1-2H3. The molecule has 0 saturated heterocycles. The second-order valence-electron chi connectivity index (χ2n) is 5.59. The van der Waals surface area contributed by atoms with E-state index in [1.54, 1.807) is 18.7 Å². The maximum Gasteiger partial charge on any atom is 0.234 e. The highest BCUT2D eigenvalue weighted by Gasteiger charge is 2.15. The summed E-state index contributed by atoms with van der Waals surface area (Å²) in [4.78, 5) is 0.726. The van der Waals surface area contributed by atoms with Crippen LogP contribution >= 0.6 is 22.9 Å². The molecule has 2 aromatic carbocycles. The zero-order valence-corrected chi connectivity index (χ0v) is 15.7. The molecule has 0 aliphatic carbocycles. The van der Waals surface area contributed by atoms with Crippen molar-refractivity contribution < 1.29 is 9.47 Å². The third-order valence-corrected chi connectivity index (χ3v) is 5.28. The summed E-state index contributed by atoms with van der Waals surface area (Å²) >= 11 is 7.72. The van der Waals surface area contributed by atoms with E-state index in [4.69, 9.17) is 21.1 Å². The van der Waals surface area contributed by atoms with E-state index in [1.165, 1.54) is 11.3 Å². The van der Waals surface area contributed by atoms with Gasteiger partial charge in [0.25, 0.3) is 0 Å². The summed E-state index contributed by atoms with van der Waals surface area (Å²) in [6, 6.07) is 13.4. The van der Waals surface area contributed by atoms with Gasteiger partial charge in [-0.3, -0.25) is 0 Å². The third-order valence-electron chi connectivity index (χ3n) is 3.96. The summed E-state index contributed by atoms with van der Waals surface area (Å²) < 4.78 is 12.4. The number of rotatable bonds is 5. The molecule has 0 saturated carbocycles. The van der Waals surface area contributed by atoms with E-state index in [0.29, 0.717) is 22.9 Å². The Labute approximate surface area is 159 Å². The molecule has 0 atom stereocenters. The van der Waals surface area contributed by atoms with E-state index in [1.807, 2.05) is 42.5 Å². The summed E-state index contributed by atoms with van der Waals surface area (Å²) in [7, 11) is 3.25. The number of benzene rings is 2. The predicted octanol–water partition coefficient (Wildman–Crippen LogP) is 4.11. The molecule has 0 N–H and O–H groups in total. The van der Waals surface area contributed by atoms with Crippen molar-refractivity contribution in [1.82, 2.24) is 19.8 Å². The average Bonchev–Trinajstić information content (AvgIpc) is 3.25. The third kappa shape index (κ3) is 3.11. The zero-order valence-electron chi connectivity index (χ0n) is 14.1. The molecule has 0 aliphatic heterocycles. The number of aromatic nitrogens is 4. The van der Waals surface area contributed by atoms with Crippen molar-refractivity contribution in [3.05, 3.63) is 58.9 Å². The Hall–Kier alpha value is -2.64. The van der Waals surface area contributed by atoms with E-state index in [-0.39, 0.29) is 0 Å². The molecule has 0 fully saturated rings. The van der Waals surface area contributed by atoms with Crippen LogP contribution in [0.3, 0.4) is 0 Å². The van der Waals surface area contributed by atoms with E-state index in [2.05, 4.69) is 15.3 Å². The normalized spacial score (nSPS) is 11.0. The second-order valence-corrected chi connectivity index (χ2v) is 6.95. The molecule has 2 aromatic heterocycles. The molecule has 6 nitrogen and oxygen atoms in total. The number of ether oxygens (including phenoxy) is 2. The molecule has 0 amide bonds. The van der Waals surface area contributed by atoms with Gasteiger partial charge in [-0.05, 0) is 23.8 Å². The highest BCUT2D eigenvalue weighted by molar-refractivity contribution is 7.19. The first-order chi connectivity index (χ1) is 12.7. The lowest BCUT2D eigenvalue weighted by Gasteiger charge is -2.06. The molecular formula is C18H15ClN4O2S. The van der Waals surface area contributed by atoms with Gasteiger partial charge in [-0.1, -0.05) is 41.1 Å². The van der Waals surface area contributed by atoms with Crippen molar-refractivity contribution in [2.75, 3.05) is 14.2 Å². The van der Waals surface area contributed by atoms with Crippen LogP contribution < -0.4 is 9.47 Å². The Balaban J connectivity index is 1.73. The Bertz CT molecular complexity index is 1050. The van der Waals surface area contributed by atoms with Crippen LogP contribution in [-0.2, 0) is 6.42 Å². The van der Waals surface area contributed by atoms with Gasteiger partial charge in [-0.15, -0.1) is 10.2 Å². The maximum absolute atomic E-state index is 6.26. The van der Waals surface area contributed by atoms with E-state index in [9.17, 15) is 0 Å². The van der Waals surface area contributed by atoms with Gasteiger partial charge in [0.05, 0.1) is 14.2 Å². The van der Waals surface area contributed by atoms with Gasteiger partial charge in [0.15, 0.2) is 5.82 Å². The van der Waals surface area contributed by atoms with E-state index in [0.717, 1.165) is 26.9 Å². The highest BCUT2D eigenvalue weighted by Crippen LogP contribution is 2.32. The molecule has 0 spiro atoms. The number of hydrogen-bond acceptors (Lipinski definition) is 6. The molecule has 4 aromatic rings. The fourth-order valence-electron chi connectivity index (χ4n) is 2.63. The van der Waals surface area contributed by atoms with Crippen LogP contribution in [0.1, 0.15) is 11.4 Å². The van der Waals surface area contributed by atoms with Crippen LogP contribution in [0.25, 0.3) is 15.5 Å². The molecule has 0 radical (unpaired) electrons. The SMILES string of the molecule is COc1cc(OC)cc(-c2nn3c(Cc4ccccc4Cl)nnc3s2)c1. The van der Waals surface area contributed by atoms with Gasteiger partial charge in [-0.25, -0.2) is 0 Å². The first kappa shape index (κ1) is 16.8. The minimum Gasteiger partial charge on any atom is -0.497 e. The minimum atomic E-state index is 0.561. The topological polar surface area (TPSA) is 61.5 Å². The number of halogens is 1. The van der Waals surface area contributed by atoms with Gasteiger partial charge in [0.1, 0.15) is 16.5 Å². The summed E-state index contributed by atoms with van der Waals surface area (Å²) in [5.74, 6) is 2.16. The van der Waals surface area contributed by atoms with Crippen LogP contribution in [-0.4, -0.2) is 34.0 Å². The molecule has 0 aliphatic rings. The Morgan fingerprint density at radius 2 is 1.77 bits per heavy atom. The first-order valence-electron chi connectivity index (χ1n) is 7.86. The van der Waals surface area contributed by atoms with Crippen molar-refractivity contribution in [3.63, 3.8) is 0 Å². The molecule has 26 heavy (non-hydrogen) atoms. The maximum atomic E-state index is 6.26. The van der Waals surface area contributed by atoms with Crippen LogP contribution in [0, 0.1) is 0 Å². The van der Waals surface area contributed by atoms with Crippen molar-refractivity contribution in [2.24, 2.45) is 0 Å². The van der Waals surface area contributed by atoms with Crippen LogP contribution in [0.15, 0.2) is 42.5 Å². The van der Waals surface area contributed by atoms with Gasteiger partial charge >= 0.3 is 0 Å². The zero-order chi connectivity index (χ0) is 18.1. The van der Waals surface area contributed by atoms with Crippen molar-refractivity contribution in [3.8, 4) is 22.1 Å². The van der Waals surface area contributed by atoms with Crippen molar-refractivity contribution >= 4 is 27.9 Å². The molecule has 8 heteroatoms. The molecule has 0 bridgehead atoms. The van der Waals surface area contributed by atoms with Crippen molar-refractivity contribution in [1.29, 1.82) is 0 Å². The van der Waals surface area contributed by atoms with E-state index < -0.39 is 0 Å². The Kier molecular flexibility index (Phi) is 4.48. The number of fused-ring (bicyclic) bond motifs is 1. The fourth-order valence-corrected chi connectivity index (χ4v) is 3.68. The Morgan fingerprint density at radius 1 is 1.04 bits per heavy atom. The number of nitrogens with zero attached hydrogens (tertiary/aromatic N) is 4. The lowest BCUT2D eigenvalue weighted by molar-refractivity contribution is 0.394. The second kappa shape index (κ2) is 6.93. The van der Waals surface area contributed by atoms with Gasteiger partial charge in [-0.2, -0.15) is 9.61 Å². The molecule has 2 heterocycles. The van der Waals surface area contributed by atoms with Gasteiger partial charge in [0.2, 0.25) is 4.96 Å². The first-order valence-corrected chi connectivity index (χ1v) is 9.05. The summed E-state index contributed by atoms with van der Waals surface area (Å²) in [5.41, 5.74) is 1.89. The van der Waals surface area contributed by atoms with Crippen LogP contribution in [0.5, 0.6) is 11.5 Å². The molecule has 4 rings (SSSR count). The Morgan fingerprint density at radius 3 is 2.46 bits per heavy atom.